The molecule has 8 nitrogen and oxygen atoms in total. The van der Waals surface area contributed by atoms with Crippen LogP contribution in [0.15, 0.2) is 14.8 Å². The molecule has 0 spiro atoms. The van der Waals surface area contributed by atoms with Gasteiger partial charge in [-0.15, -0.1) is 0 Å². The monoisotopic (exact) mass is 257 g/mol. The number of rotatable bonds is 4. The predicted octanol–water partition coefficient (Wildman–Crippen LogP) is -0.465. The molecule has 17 heavy (non-hydrogen) atoms. The average Bonchev–Trinajstić information content (AvgIpc) is 2.94. The SMILES string of the molecule is N/C(=N\O)c1nonc1SC[C@@H]1CCC(=O)N1. The number of amides is 1. The first-order valence-electron chi connectivity index (χ1n) is 4.93. The summed E-state index contributed by atoms with van der Waals surface area (Å²) in [5.74, 6) is 0.556. The van der Waals surface area contributed by atoms with Crippen LogP contribution in [0.4, 0.5) is 0 Å². The number of nitrogens with zero attached hydrogens (tertiary/aromatic N) is 3. The van der Waals surface area contributed by atoms with Gasteiger partial charge in [0.05, 0.1) is 0 Å². The summed E-state index contributed by atoms with van der Waals surface area (Å²) in [6.45, 7) is 0. The Bertz CT molecular complexity index is 446. The molecule has 0 bridgehead atoms. The average molecular weight is 257 g/mol. The standard InChI is InChI=1S/C8H11N5O3S/c9-7(11-15)6-8(13-16-12-6)17-3-4-1-2-5(14)10-4/h4,15H,1-3H2,(H2,9,11)(H,10,14)/t4-/m0/s1. The first kappa shape index (κ1) is 11.7. The van der Waals surface area contributed by atoms with E-state index in [2.05, 4.69) is 25.4 Å². The molecule has 9 heteroatoms. The van der Waals surface area contributed by atoms with Crippen LogP contribution in [0.5, 0.6) is 0 Å². The molecule has 1 saturated heterocycles. The maximum Gasteiger partial charge on any atom is 0.220 e. The van der Waals surface area contributed by atoms with Crippen LogP contribution in [-0.2, 0) is 4.79 Å². The van der Waals surface area contributed by atoms with Crippen molar-refractivity contribution in [3.8, 4) is 0 Å². The van der Waals surface area contributed by atoms with Gasteiger partial charge < -0.3 is 16.3 Å². The molecule has 1 aliphatic rings. The molecular formula is C8H11N5O3S. The number of amidine groups is 1. The summed E-state index contributed by atoms with van der Waals surface area (Å²) >= 11 is 1.34. The number of carbonyl (C=O) groups excluding carboxylic acids is 1. The Labute approximate surface area is 101 Å². The van der Waals surface area contributed by atoms with E-state index in [9.17, 15) is 4.79 Å². The molecule has 0 aromatic carbocycles. The smallest absolute Gasteiger partial charge is 0.220 e. The van der Waals surface area contributed by atoms with E-state index in [1.165, 1.54) is 11.8 Å². The van der Waals surface area contributed by atoms with Gasteiger partial charge >= 0.3 is 0 Å². The van der Waals surface area contributed by atoms with Crippen molar-refractivity contribution >= 4 is 23.5 Å². The molecule has 1 atom stereocenters. The van der Waals surface area contributed by atoms with E-state index in [1.807, 2.05) is 0 Å². The van der Waals surface area contributed by atoms with E-state index in [0.29, 0.717) is 17.2 Å². The fourth-order valence-electron chi connectivity index (χ4n) is 1.46. The molecule has 2 heterocycles. The lowest BCUT2D eigenvalue weighted by atomic mass is 10.2. The highest BCUT2D eigenvalue weighted by atomic mass is 32.2. The summed E-state index contributed by atoms with van der Waals surface area (Å²) in [6.07, 6.45) is 1.35. The number of nitrogens with one attached hydrogen (secondary N) is 1. The summed E-state index contributed by atoms with van der Waals surface area (Å²) in [7, 11) is 0. The van der Waals surface area contributed by atoms with E-state index in [0.717, 1.165) is 6.42 Å². The van der Waals surface area contributed by atoms with E-state index in [1.54, 1.807) is 0 Å². The Balaban J connectivity index is 1.95. The van der Waals surface area contributed by atoms with Crippen LogP contribution in [0.2, 0.25) is 0 Å². The molecule has 1 aromatic rings. The number of hydrogen-bond acceptors (Lipinski definition) is 7. The topological polar surface area (TPSA) is 127 Å². The Kier molecular flexibility index (Phi) is 3.47. The van der Waals surface area contributed by atoms with Crippen molar-refractivity contribution in [2.45, 2.75) is 23.9 Å². The van der Waals surface area contributed by atoms with Crippen molar-refractivity contribution in [3.05, 3.63) is 5.69 Å². The van der Waals surface area contributed by atoms with Crippen molar-refractivity contribution < 1.29 is 14.6 Å². The first-order valence-corrected chi connectivity index (χ1v) is 5.92. The Morgan fingerprint density at radius 2 is 2.53 bits per heavy atom. The third kappa shape index (κ3) is 2.67. The largest absolute Gasteiger partial charge is 0.409 e. The minimum atomic E-state index is -0.149. The van der Waals surface area contributed by atoms with Gasteiger partial charge in [0.25, 0.3) is 0 Å². The molecule has 1 fully saturated rings. The molecule has 0 saturated carbocycles. The number of nitrogens with two attached hydrogens (primary N) is 1. The maximum atomic E-state index is 11.0. The highest BCUT2D eigenvalue weighted by molar-refractivity contribution is 7.99. The van der Waals surface area contributed by atoms with Gasteiger partial charge in [0.15, 0.2) is 16.6 Å². The van der Waals surface area contributed by atoms with Crippen molar-refractivity contribution in [2.24, 2.45) is 10.9 Å². The molecule has 4 N–H and O–H groups in total. The zero-order chi connectivity index (χ0) is 12.3. The molecule has 1 amide bonds. The quantitative estimate of drug-likeness (QED) is 0.219. The molecule has 0 unspecified atom stereocenters. The summed E-state index contributed by atoms with van der Waals surface area (Å²) in [5.41, 5.74) is 5.61. The van der Waals surface area contributed by atoms with Gasteiger partial charge in [-0.05, 0) is 16.7 Å². The van der Waals surface area contributed by atoms with Crippen LogP contribution in [0.1, 0.15) is 18.5 Å². The van der Waals surface area contributed by atoms with Crippen LogP contribution in [0.25, 0.3) is 0 Å². The highest BCUT2D eigenvalue weighted by Crippen LogP contribution is 2.22. The van der Waals surface area contributed by atoms with Gasteiger partial charge in [-0.1, -0.05) is 16.9 Å². The number of oxime groups is 1. The van der Waals surface area contributed by atoms with Crippen LogP contribution < -0.4 is 11.1 Å². The number of carbonyl (C=O) groups is 1. The van der Waals surface area contributed by atoms with Gasteiger partial charge in [0.1, 0.15) is 0 Å². The lowest BCUT2D eigenvalue weighted by Crippen LogP contribution is -2.27. The van der Waals surface area contributed by atoms with Gasteiger partial charge in [0.2, 0.25) is 5.91 Å². The Morgan fingerprint density at radius 3 is 3.18 bits per heavy atom. The fourth-order valence-corrected chi connectivity index (χ4v) is 2.43. The highest BCUT2D eigenvalue weighted by Gasteiger charge is 2.23. The van der Waals surface area contributed by atoms with E-state index < -0.39 is 0 Å². The van der Waals surface area contributed by atoms with Crippen molar-refractivity contribution in [2.75, 3.05) is 5.75 Å². The lowest BCUT2D eigenvalue weighted by Gasteiger charge is -2.07. The molecule has 2 rings (SSSR count). The van der Waals surface area contributed by atoms with E-state index in [-0.39, 0.29) is 23.5 Å². The summed E-state index contributed by atoms with van der Waals surface area (Å²) in [6, 6.07) is 0.115. The fraction of sp³-hybridized carbons (Fsp3) is 0.500. The van der Waals surface area contributed by atoms with Crippen LogP contribution in [0, 0.1) is 0 Å². The summed E-state index contributed by atoms with van der Waals surface area (Å²) in [4.78, 5) is 11.0. The van der Waals surface area contributed by atoms with E-state index in [4.69, 9.17) is 10.9 Å². The molecule has 0 aliphatic carbocycles. The van der Waals surface area contributed by atoms with Crippen LogP contribution in [-0.4, -0.2) is 39.1 Å². The Morgan fingerprint density at radius 1 is 1.71 bits per heavy atom. The zero-order valence-electron chi connectivity index (χ0n) is 8.79. The minimum absolute atomic E-state index is 0.0607. The lowest BCUT2D eigenvalue weighted by molar-refractivity contribution is -0.119. The normalized spacial score (nSPS) is 20.6. The second-order valence-corrected chi connectivity index (χ2v) is 4.53. The number of aromatic nitrogens is 2. The second kappa shape index (κ2) is 5.04. The van der Waals surface area contributed by atoms with Crippen LogP contribution in [0.3, 0.4) is 0 Å². The summed E-state index contributed by atoms with van der Waals surface area (Å²) in [5, 5.41) is 21.8. The summed E-state index contributed by atoms with van der Waals surface area (Å²) < 4.78 is 4.52. The second-order valence-electron chi connectivity index (χ2n) is 3.52. The predicted molar refractivity (Wildman–Crippen MR) is 58.7 cm³/mol. The van der Waals surface area contributed by atoms with E-state index >= 15 is 0 Å². The Hall–Kier alpha value is -1.77. The molecule has 1 aliphatic heterocycles. The maximum absolute atomic E-state index is 11.0. The molecule has 0 radical (unpaired) electrons. The number of hydrogen-bond donors (Lipinski definition) is 3. The molecule has 92 valence electrons. The minimum Gasteiger partial charge on any atom is -0.409 e. The van der Waals surface area contributed by atoms with Crippen molar-refractivity contribution in [3.63, 3.8) is 0 Å². The van der Waals surface area contributed by atoms with Gasteiger partial charge in [-0.25, -0.2) is 4.63 Å². The third-order valence-electron chi connectivity index (χ3n) is 2.31. The number of thioether (sulfide) groups is 1. The zero-order valence-corrected chi connectivity index (χ0v) is 9.61. The first-order chi connectivity index (χ1) is 8.20. The molecule has 1 aromatic heterocycles. The molecular weight excluding hydrogens is 246 g/mol. The van der Waals surface area contributed by atoms with Crippen molar-refractivity contribution in [1.29, 1.82) is 0 Å². The van der Waals surface area contributed by atoms with Crippen molar-refractivity contribution in [1.82, 2.24) is 15.6 Å². The van der Waals surface area contributed by atoms with Crippen LogP contribution >= 0.6 is 11.8 Å². The van der Waals surface area contributed by atoms with Gasteiger partial charge in [-0.3, -0.25) is 4.79 Å². The third-order valence-corrected chi connectivity index (χ3v) is 3.43. The van der Waals surface area contributed by atoms with Gasteiger partial charge in [-0.2, -0.15) is 0 Å². The van der Waals surface area contributed by atoms with Gasteiger partial charge in [0, 0.05) is 18.2 Å².